The lowest BCUT2D eigenvalue weighted by atomic mass is 10.3. The molecule has 4 N–H and O–H groups in total. The van der Waals surface area contributed by atoms with Crippen LogP contribution >= 0.6 is 15.9 Å². The number of ether oxygens (including phenoxy) is 1. The van der Waals surface area contributed by atoms with Crippen LogP contribution < -0.4 is 16.3 Å². The Kier molecular flexibility index (Phi) is 3.57. The van der Waals surface area contributed by atoms with Gasteiger partial charge in [-0.3, -0.25) is 0 Å². The van der Waals surface area contributed by atoms with Crippen LogP contribution in [0, 0.1) is 0 Å². The predicted octanol–water partition coefficient (Wildman–Crippen LogP) is 1.06. The van der Waals surface area contributed by atoms with Crippen LogP contribution in [0.2, 0.25) is 0 Å². The molecule has 0 heterocycles. The second-order valence-electron chi connectivity index (χ2n) is 2.36. The molecule has 70 valence electrons. The van der Waals surface area contributed by atoms with Crippen molar-refractivity contribution in [2.75, 3.05) is 6.61 Å². The monoisotopic (exact) mass is 243 g/mol. The van der Waals surface area contributed by atoms with Crippen LogP contribution in [0.25, 0.3) is 0 Å². The number of hydrogen-bond donors (Lipinski definition) is 2. The van der Waals surface area contributed by atoms with E-state index in [1.54, 1.807) is 0 Å². The first-order chi connectivity index (χ1) is 6.22. The van der Waals surface area contributed by atoms with Crippen LogP contribution in [0.4, 0.5) is 0 Å². The number of hydrazone groups is 1. The van der Waals surface area contributed by atoms with Crippen LogP contribution in [0.3, 0.4) is 0 Å². The Morgan fingerprint density at radius 2 is 2.00 bits per heavy atom. The Bertz CT molecular complexity index is 297. The lowest BCUT2D eigenvalue weighted by Crippen LogP contribution is -2.22. The average molecular weight is 244 g/mol. The maximum Gasteiger partial charge on any atom is 0.157 e. The van der Waals surface area contributed by atoms with E-state index in [0.717, 1.165) is 10.2 Å². The summed E-state index contributed by atoms with van der Waals surface area (Å²) >= 11 is 3.32. The molecule has 0 aromatic heterocycles. The van der Waals surface area contributed by atoms with Gasteiger partial charge in [0.15, 0.2) is 5.84 Å². The van der Waals surface area contributed by atoms with E-state index in [1.807, 2.05) is 24.3 Å². The molecule has 0 aliphatic carbocycles. The number of rotatable bonds is 3. The molecule has 0 spiro atoms. The van der Waals surface area contributed by atoms with Crippen LogP contribution in [0.1, 0.15) is 0 Å². The van der Waals surface area contributed by atoms with Gasteiger partial charge in [-0.1, -0.05) is 15.9 Å². The summed E-state index contributed by atoms with van der Waals surface area (Å²) in [6, 6.07) is 7.41. The van der Waals surface area contributed by atoms with Crippen molar-refractivity contribution in [1.82, 2.24) is 0 Å². The van der Waals surface area contributed by atoms with E-state index in [1.165, 1.54) is 0 Å². The summed E-state index contributed by atoms with van der Waals surface area (Å²) in [6.45, 7) is 0.206. The van der Waals surface area contributed by atoms with E-state index < -0.39 is 0 Å². The van der Waals surface area contributed by atoms with E-state index in [4.69, 9.17) is 16.3 Å². The van der Waals surface area contributed by atoms with Crippen LogP contribution in [-0.4, -0.2) is 12.4 Å². The molecule has 1 aromatic rings. The topological polar surface area (TPSA) is 73.6 Å². The first-order valence-electron chi connectivity index (χ1n) is 3.63. The molecule has 0 aliphatic heterocycles. The fraction of sp³-hybridized carbons (Fsp3) is 0.125. The fourth-order valence-electron chi connectivity index (χ4n) is 0.725. The van der Waals surface area contributed by atoms with Crippen LogP contribution in [-0.2, 0) is 0 Å². The van der Waals surface area contributed by atoms with E-state index in [2.05, 4.69) is 21.0 Å². The molecule has 0 fully saturated rings. The third-order valence-electron chi connectivity index (χ3n) is 1.37. The molecule has 0 aliphatic rings. The van der Waals surface area contributed by atoms with Crippen molar-refractivity contribution in [3.05, 3.63) is 28.7 Å². The molecule has 0 unspecified atom stereocenters. The molecule has 0 atom stereocenters. The predicted molar refractivity (Wildman–Crippen MR) is 55.4 cm³/mol. The third kappa shape index (κ3) is 3.33. The smallest absolute Gasteiger partial charge is 0.157 e. The number of benzene rings is 1. The number of nitrogens with zero attached hydrogens (tertiary/aromatic N) is 1. The second-order valence-corrected chi connectivity index (χ2v) is 3.28. The van der Waals surface area contributed by atoms with Gasteiger partial charge >= 0.3 is 0 Å². The van der Waals surface area contributed by atoms with Gasteiger partial charge in [-0.2, -0.15) is 5.10 Å². The molecule has 4 nitrogen and oxygen atoms in total. The van der Waals surface area contributed by atoms with Crippen molar-refractivity contribution in [3.8, 4) is 5.75 Å². The van der Waals surface area contributed by atoms with Crippen molar-refractivity contribution < 1.29 is 4.74 Å². The van der Waals surface area contributed by atoms with Crippen molar-refractivity contribution >= 4 is 21.8 Å². The first-order valence-corrected chi connectivity index (χ1v) is 4.42. The molecule has 0 saturated carbocycles. The molecule has 5 heteroatoms. The largest absolute Gasteiger partial charge is 0.486 e. The van der Waals surface area contributed by atoms with Crippen LogP contribution in [0.5, 0.6) is 5.75 Å². The highest BCUT2D eigenvalue weighted by atomic mass is 79.9. The Labute approximate surface area is 84.7 Å². The van der Waals surface area contributed by atoms with E-state index >= 15 is 0 Å². The van der Waals surface area contributed by atoms with Gasteiger partial charge in [0.05, 0.1) is 0 Å². The summed E-state index contributed by atoms with van der Waals surface area (Å²) in [5, 5.41) is 3.28. The zero-order chi connectivity index (χ0) is 9.68. The molecule has 0 radical (unpaired) electrons. The van der Waals surface area contributed by atoms with Gasteiger partial charge in [0.2, 0.25) is 0 Å². The number of amidine groups is 1. The van der Waals surface area contributed by atoms with Gasteiger partial charge in [-0.15, -0.1) is 0 Å². The summed E-state index contributed by atoms with van der Waals surface area (Å²) in [5.41, 5.74) is 5.34. The number of hydrogen-bond acceptors (Lipinski definition) is 3. The standard InChI is InChI=1S/C8H10BrN3O/c9-6-1-3-7(4-2-6)13-5-8(10)12-11/h1-4H,5,11H2,(H2,10,12). The van der Waals surface area contributed by atoms with Gasteiger partial charge in [-0.05, 0) is 24.3 Å². The number of nitrogens with two attached hydrogens (primary N) is 2. The lowest BCUT2D eigenvalue weighted by molar-refractivity contribution is 0.375. The zero-order valence-electron chi connectivity index (χ0n) is 6.90. The Morgan fingerprint density at radius 1 is 1.38 bits per heavy atom. The highest BCUT2D eigenvalue weighted by molar-refractivity contribution is 9.10. The molecular weight excluding hydrogens is 234 g/mol. The van der Waals surface area contributed by atoms with Gasteiger partial charge in [0.1, 0.15) is 12.4 Å². The average Bonchev–Trinajstić information content (AvgIpc) is 2.16. The summed E-state index contributed by atoms with van der Waals surface area (Å²) in [5.74, 6) is 5.93. The van der Waals surface area contributed by atoms with Crippen molar-refractivity contribution in [2.24, 2.45) is 16.7 Å². The minimum atomic E-state index is 0.206. The summed E-state index contributed by atoms with van der Waals surface area (Å²) in [6.07, 6.45) is 0. The molecule has 0 saturated heterocycles. The Morgan fingerprint density at radius 3 is 2.54 bits per heavy atom. The minimum absolute atomic E-state index is 0.206. The summed E-state index contributed by atoms with van der Waals surface area (Å²) in [4.78, 5) is 0. The lowest BCUT2D eigenvalue weighted by Gasteiger charge is -2.04. The normalized spacial score (nSPS) is 11.3. The molecule has 1 rings (SSSR count). The van der Waals surface area contributed by atoms with E-state index in [0.29, 0.717) is 0 Å². The van der Waals surface area contributed by atoms with Crippen molar-refractivity contribution in [2.45, 2.75) is 0 Å². The molecule has 0 amide bonds. The Hall–Kier alpha value is -1.23. The molecular formula is C8H10BrN3O. The highest BCUT2D eigenvalue weighted by Gasteiger charge is 1.95. The van der Waals surface area contributed by atoms with E-state index in [-0.39, 0.29) is 12.4 Å². The quantitative estimate of drug-likeness (QED) is 0.361. The van der Waals surface area contributed by atoms with Crippen molar-refractivity contribution in [1.29, 1.82) is 0 Å². The molecule has 1 aromatic carbocycles. The van der Waals surface area contributed by atoms with Crippen LogP contribution in [0.15, 0.2) is 33.8 Å². The van der Waals surface area contributed by atoms with Gasteiger partial charge in [0.25, 0.3) is 0 Å². The van der Waals surface area contributed by atoms with Gasteiger partial charge in [-0.25, -0.2) is 0 Å². The number of halogens is 1. The van der Waals surface area contributed by atoms with Crippen molar-refractivity contribution in [3.63, 3.8) is 0 Å². The molecule has 0 bridgehead atoms. The second kappa shape index (κ2) is 4.71. The Balaban J connectivity index is 2.51. The minimum Gasteiger partial charge on any atom is -0.486 e. The molecule has 13 heavy (non-hydrogen) atoms. The summed E-state index contributed by atoms with van der Waals surface area (Å²) < 4.78 is 6.26. The zero-order valence-corrected chi connectivity index (χ0v) is 8.49. The van der Waals surface area contributed by atoms with E-state index in [9.17, 15) is 0 Å². The third-order valence-corrected chi connectivity index (χ3v) is 1.89. The first kappa shape index (κ1) is 9.85. The fourth-order valence-corrected chi connectivity index (χ4v) is 0.990. The summed E-state index contributed by atoms with van der Waals surface area (Å²) in [7, 11) is 0. The maximum atomic E-state index is 5.34. The highest BCUT2D eigenvalue weighted by Crippen LogP contribution is 2.15. The SMILES string of the molecule is N/N=C(\N)COc1ccc(Br)cc1. The van der Waals surface area contributed by atoms with Gasteiger partial charge in [0, 0.05) is 4.47 Å². The maximum absolute atomic E-state index is 5.34. The van der Waals surface area contributed by atoms with Gasteiger partial charge < -0.3 is 16.3 Å².